The molecule has 0 fully saturated rings. The first-order chi connectivity index (χ1) is 9.86. The highest BCUT2D eigenvalue weighted by atomic mass is 35.5. The third-order valence-electron chi connectivity index (χ3n) is 2.85. The molecule has 1 heterocycles. The molecule has 0 saturated heterocycles. The summed E-state index contributed by atoms with van der Waals surface area (Å²) in [5.74, 6) is 0.981. The van der Waals surface area contributed by atoms with E-state index in [4.69, 9.17) is 16.3 Å². The maximum Gasteiger partial charge on any atom is 0.266 e. The fourth-order valence-electron chi connectivity index (χ4n) is 1.79. The second-order valence-corrected chi connectivity index (χ2v) is 5.90. The van der Waals surface area contributed by atoms with Crippen molar-refractivity contribution >= 4 is 34.2 Å². The molecule has 0 spiro atoms. The molecule has 0 radical (unpaired) electrons. The van der Waals surface area contributed by atoms with Crippen molar-refractivity contribution < 1.29 is 9.53 Å². The first-order valence-electron chi connectivity index (χ1n) is 6.41. The molecule has 2 rings (SSSR count). The summed E-state index contributed by atoms with van der Waals surface area (Å²) in [6.07, 6.45) is -0.644. The lowest BCUT2D eigenvalue weighted by Gasteiger charge is -2.15. The van der Waals surface area contributed by atoms with Crippen molar-refractivity contribution in [1.29, 1.82) is 0 Å². The molecular formula is C14H16ClN3O2S. The number of aryl methyl sites for hydroxylation is 3. The Morgan fingerprint density at radius 2 is 1.95 bits per heavy atom. The minimum Gasteiger partial charge on any atom is -0.481 e. The average Bonchev–Trinajstić information content (AvgIpc) is 2.81. The molecule has 21 heavy (non-hydrogen) atoms. The minimum absolute atomic E-state index is 0.267. The van der Waals surface area contributed by atoms with Crippen LogP contribution in [0, 0.1) is 20.8 Å². The molecule has 0 bridgehead atoms. The van der Waals surface area contributed by atoms with E-state index < -0.39 is 6.10 Å². The standard InChI is InChI=1S/C14H16ClN3O2S/c1-7-5-11(6-8(2)12(7)15)20-9(3)13(19)17-14-16-10(4)18-21-14/h5-6,9H,1-4H3,(H,16,17,18,19)/t9-/m0/s1. The molecule has 5 nitrogen and oxygen atoms in total. The number of hydrogen-bond donors (Lipinski definition) is 1. The molecule has 1 atom stereocenters. The first kappa shape index (κ1) is 15.7. The molecule has 1 amide bonds. The van der Waals surface area contributed by atoms with Gasteiger partial charge in [0.2, 0.25) is 5.13 Å². The van der Waals surface area contributed by atoms with Gasteiger partial charge in [0.05, 0.1) is 0 Å². The molecule has 0 aliphatic heterocycles. The van der Waals surface area contributed by atoms with Crippen molar-refractivity contribution in [2.75, 3.05) is 5.32 Å². The number of hydrogen-bond acceptors (Lipinski definition) is 5. The number of carbonyl (C=O) groups is 1. The summed E-state index contributed by atoms with van der Waals surface area (Å²) in [7, 11) is 0. The number of ether oxygens (including phenoxy) is 1. The van der Waals surface area contributed by atoms with Crippen molar-refractivity contribution in [3.05, 3.63) is 34.1 Å². The zero-order valence-corrected chi connectivity index (χ0v) is 13.8. The van der Waals surface area contributed by atoms with E-state index in [9.17, 15) is 4.79 Å². The molecule has 1 aromatic carbocycles. The predicted octanol–water partition coefficient (Wildman–Crippen LogP) is 3.52. The Morgan fingerprint density at radius 1 is 1.33 bits per heavy atom. The third-order valence-corrected chi connectivity index (χ3v) is 4.17. The lowest BCUT2D eigenvalue weighted by Crippen LogP contribution is -2.30. The number of nitrogens with zero attached hydrogens (tertiary/aromatic N) is 2. The number of anilines is 1. The van der Waals surface area contributed by atoms with E-state index in [-0.39, 0.29) is 5.91 Å². The molecule has 1 aromatic heterocycles. The van der Waals surface area contributed by atoms with Gasteiger partial charge in [0.1, 0.15) is 11.6 Å². The van der Waals surface area contributed by atoms with Crippen LogP contribution >= 0.6 is 23.1 Å². The van der Waals surface area contributed by atoms with Gasteiger partial charge < -0.3 is 4.74 Å². The van der Waals surface area contributed by atoms with E-state index in [1.165, 1.54) is 0 Å². The van der Waals surface area contributed by atoms with Gasteiger partial charge in [0, 0.05) is 16.6 Å². The van der Waals surface area contributed by atoms with E-state index in [1.54, 1.807) is 13.8 Å². The normalized spacial score (nSPS) is 12.0. The summed E-state index contributed by atoms with van der Waals surface area (Å²) in [5.41, 5.74) is 1.83. The number of rotatable bonds is 4. The molecule has 2 aromatic rings. The van der Waals surface area contributed by atoms with Crippen molar-refractivity contribution in [2.24, 2.45) is 0 Å². The molecule has 0 saturated carbocycles. The number of aromatic nitrogens is 2. The van der Waals surface area contributed by atoms with Crippen LogP contribution in [0.3, 0.4) is 0 Å². The fourth-order valence-corrected chi connectivity index (χ4v) is 2.47. The van der Waals surface area contributed by atoms with Gasteiger partial charge in [0.25, 0.3) is 5.91 Å². The molecule has 0 aliphatic carbocycles. The van der Waals surface area contributed by atoms with Gasteiger partial charge >= 0.3 is 0 Å². The summed E-state index contributed by atoms with van der Waals surface area (Å²) in [5, 5.41) is 3.86. The molecule has 0 unspecified atom stereocenters. The van der Waals surface area contributed by atoms with Gasteiger partial charge in [-0.2, -0.15) is 4.37 Å². The summed E-state index contributed by atoms with van der Waals surface area (Å²) >= 11 is 7.25. The van der Waals surface area contributed by atoms with Gasteiger partial charge in [-0.3, -0.25) is 10.1 Å². The van der Waals surface area contributed by atoms with Crippen LogP contribution < -0.4 is 10.1 Å². The van der Waals surface area contributed by atoms with E-state index in [1.807, 2.05) is 26.0 Å². The number of benzene rings is 1. The average molecular weight is 326 g/mol. The summed E-state index contributed by atoms with van der Waals surface area (Å²) in [4.78, 5) is 16.1. The zero-order valence-electron chi connectivity index (χ0n) is 12.2. The SMILES string of the molecule is Cc1nsc(NC(=O)[C@H](C)Oc2cc(C)c(Cl)c(C)c2)n1. The van der Waals surface area contributed by atoms with E-state index in [2.05, 4.69) is 14.7 Å². The van der Waals surface area contributed by atoms with Crippen molar-refractivity contribution in [2.45, 2.75) is 33.8 Å². The topological polar surface area (TPSA) is 64.1 Å². The molecule has 112 valence electrons. The van der Waals surface area contributed by atoms with Gasteiger partial charge in [-0.25, -0.2) is 4.98 Å². The highest BCUT2D eigenvalue weighted by molar-refractivity contribution is 7.09. The molecule has 1 N–H and O–H groups in total. The largest absolute Gasteiger partial charge is 0.481 e. The summed E-state index contributed by atoms with van der Waals surface area (Å²) < 4.78 is 9.66. The van der Waals surface area contributed by atoms with Crippen LogP contribution in [0.2, 0.25) is 5.02 Å². The Kier molecular flexibility index (Phi) is 4.80. The second kappa shape index (κ2) is 6.41. The van der Waals surface area contributed by atoms with Crippen LogP contribution in [-0.4, -0.2) is 21.4 Å². The lowest BCUT2D eigenvalue weighted by atomic mass is 10.1. The lowest BCUT2D eigenvalue weighted by molar-refractivity contribution is -0.122. The Morgan fingerprint density at radius 3 is 2.48 bits per heavy atom. The quantitative estimate of drug-likeness (QED) is 0.934. The number of halogens is 1. The van der Waals surface area contributed by atoms with E-state index >= 15 is 0 Å². The van der Waals surface area contributed by atoms with Crippen LogP contribution in [0.5, 0.6) is 5.75 Å². The maximum absolute atomic E-state index is 12.0. The predicted molar refractivity (Wildman–Crippen MR) is 84.3 cm³/mol. The van der Waals surface area contributed by atoms with Crippen molar-refractivity contribution in [3.8, 4) is 5.75 Å². The van der Waals surface area contributed by atoms with Gasteiger partial charge in [-0.05, 0) is 51.0 Å². The van der Waals surface area contributed by atoms with Crippen LogP contribution in [0.1, 0.15) is 23.9 Å². The van der Waals surface area contributed by atoms with Crippen LogP contribution in [0.15, 0.2) is 12.1 Å². The smallest absolute Gasteiger partial charge is 0.266 e. The van der Waals surface area contributed by atoms with Crippen LogP contribution in [0.4, 0.5) is 5.13 Å². The minimum atomic E-state index is -0.644. The number of carbonyl (C=O) groups excluding carboxylic acids is 1. The Hall–Kier alpha value is -1.66. The second-order valence-electron chi connectivity index (χ2n) is 4.77. The van der Waals surface area contributed by atoms with Crippen molar-refractivity contribution in [1.82, 2.24) is 9.36 Å². The monoisotopic (exact) mass is 325 g/mol. The molecular weight excluding hydrogens is 310 g/mol. The molecule has 0 aliphatic rings. The highest BCUT2D eigenvalue weighted by Crippen LogP contribution is 2.26. The Bertz CT molecular complexity index is 649. The molecule has 7 heteroatoms. The van der Waals surface area contributed by atoms with Gasteiger partial charge in [-0.15, -0.1) is 0 Å². The highest BCUT2D eigenvalue weighted by Gasteiger charge is 2.17. The zero-order chi connectivity index (χ0) is 15.6. The van der Waals surface area contributed by atoms with Gasteiger partial charge in [0.15, 0.2) is 6.10 Å². The first-order valence-corrected chi connectivity index (χ1v) is 7.56. The summed E-state index contributed by atoms with van der Waals surface area (Å²) in [6.45, 7) is 7.25. The van der Waals surface area contributed by atoms with Crippen LogP contribution in [-0.2, 0) is 4.79 Å². The Labute approximate surface area is 132 Å². The summed E-state index contributed by atoms with van der Waals surface area (Å²) in [6, 6.07) is 3.63. The number of nitrogens with one attached hydrogen (secondary N) is 1. The van der Waals surface area contributed by atoms with E-state index in [0.717, 1.165) is 22.7 Å². The maximum atomic E-state index is 12.0. The van der Waals surface area contributed by atoms with Crippen LogP contribution in [0.25, 0.3) is 0 Å². The fraction of sp³-hybridized carbons (Fsp3) is 0.357. The van der Waals surface area contributed by atoms with Crippen molar-refractivity contribution in [3.63, 3.8) is 0 Å². The van der Waals surface area contributed by atoms with E-state index in [0.29, 0.717) is 21.7 Å². The number of amides is 1. The Balaban J connectivity index is 2.03. The third kappa shape index (κ3) is 3.92. The van der Waals surface area contributed by atoms with Gasteiger partial charge in [-0.1, -0.05) is 11.6 Å².